The van der Waals surface area contributed by atoms with Crippen LogP contribution in [-0.2, 0) is 4.79 Å². The summed E-state index contributed by atoms with van der Waals surface area (Å²) in [5.74, 6) is 0.969. The highest BCUT2D eigenvalue weighted by molar-refractivity contribution is 6.30. The second-order valence-corrected chi connectivity index (χ2v) is 4.79. The van der Waals surface area contributed by atoms with Crippen molar-refractivity contribution in [3.8, 4) is 5.75 Å². The fraction of sp³-hybridized carbons (Fsp3) is 0.462. The molecule has 17 heavy (non-hydrogen) atoms. The van der Waals surface area contributed by atoms with E-state index in [1.165, 1.54) is 0 Å². The molecule has 0 aliphatic heterocycles. The number of hydrogen-bond acceptors (Lipinski definition) is 2. The highest BCUT2D eigenvalue weighted by Gasteiger charge is 2.14. The number of rotatable bonds is 5. The van der Waals surface area contributed by atoms with E-state index in [1.807, 2.05) is 13.8 Å². The number of halogens is 1. The second-order valence-electron chi connectivity index (χ2n) is 4.35. The van der Waals surface area contributed by atoms with Gasteiger partial charge in [0, 0.05) is 11.6 Å². The van der Waals surface area contributed by atoms with Crippen molar-refractivity contribution in [2.24, 2.45) is 5.92 Å². The monoisotopic (exact) mass is 255 g/mol. The van der Waals surface area contributed by atoms with Crippen LogP contribution in [0.3, 0.4) is 0 Å². The van der Waals surface area contributed by atoms with Crippen LogP contribution in [0.15, 0.2) is 24.3 Å². The molecular formula is C13H18ClNO2. The number of carbonyl (C=O) groups excluding carboxylic acids is 1. The Morgan fingerprint density at radius 3 is 2.41 bits per heavy atom. The van der Waals surface area contributed by atoms with Gasteiger partial charge in [0.1, 0.15) is 5.75 Å². The molecule has 0 radical (unpaired) electrons. The van der Waals surface area contributed by atoms with Crippen molar-refractivity contribution in [1.29, 1.82) is 0 Å². The Labute approximate surface area is 107 Å². The molecule has 1 rings (SSSR count). The Morgan fingerprint density at radius 1 is 1.29 bits per heavy atom. The smallest absolute Gasteiger partial charge is 0.260 e. The number of hydrogen-bond donors (Lipinski definition) is 1. The topological polar surface area (TPSA) is 38.3 Å². The van der Waals surface area contributed by atoms with Crippen LogP contribution in [0.1, 0.15) is 20.8 Å². The third kappa shape index (κ3) is 5.09. The van der Waals surface area contributed by atoms with E-state index in [1.54, 1.807) is 31.2 Å². The van der Waals surface area contributed by atoms with Crippen LogP contribution in [0.2, 0.25) is 5.02 Å². The van der Waals surface area contributed by atoms with Crippen molar-refractivity contribution in [2.75, 3.05) is 6.54 Å². The van der Waals surface area contributed by atoms with E-state index in [2.05, 4.69) is 5.32 Å². The lowest BCUT2D eigenvalue weighted by Crippen LogP contribution is -2.38. The second kappa shape index (κ2) is 6.50. The molecule has 0 heterocycles. The molecular weight excluding hydrogens is 238 g/mol. The summed E-state index contributed by atoms with van der Waals surface area (Å²) in [5.41, 5.74) is 0. The Hall–Kier alpha value is -1.22. The van der Waals surface area contributed by atoms with E-state index >= 15 is 0 Å². The Balaban J connectivity index is 2.45. The van der Waals surface area contributed by atoms with Crippen molar-refractivity contribution in [3.05, 3.63) is 29.3 Å². The fourth-order valence-corrected chi connectivity index (χ4v) is 1.35. The molecule has 0 spiro atoms. The maximum Gasteiger partial charge on any atom is 0.260 e. The Bertz CT molecular complexity index is 362. The van der Waals surface area contributed by atoms with E-state index in [4.69, 9.17) is 16.3 Å². The van der Waals surface area contributed by atoms with E-state index in [9.17, 15) is 4.79 Å². The zero-order valence-electron chi connectivity index (χ0n) is 10.4. The van der Waals surface area contributed by atoms with Crippen molar-refractivity contribution >= 4 is 17.5 Å². The highest BCUT2D eigenvalue weighted by atomic mass is 35.5. The van der Waals surface area contributed by atoms with E-state index in [0.717, 1.165) is 0 Å². The van der Waals surface area contributed by atoms with Crippen LogP contribution >= 0.6 is 11.6 Å². The van der Waals surface area contributed by atoms with Crippen molar-refractivity contribution in [3.63, 3.8) is 0 Å². The highest BCUT2D eigenvalue weighted by Crippen LogP contribution is 2.16. The number of carbonyl (C=O) groups is 1. The number of nitrogens with one attached hydrogen (secondary N) is 1. The summed E-state index contributed by atoms with van der Waals surface area (Å²) in [6.45, 7) is 6.48. The predicted molar refractivity (Wildman–Crippen MR) is 69.4 cm³/mol. The average molecular weight is 256 g/mol. The zero-order valence-corrected chi connectivity index (χ0v) is 11.1. The first-order chi connectivity index (χ1) is 7.99. The summed E-state index contributed by atoms with van der Waals surface area (Å²) in [6, 6.07) is 6.95. The minimum absolute atomic E-state index is 0.103. The molecule has 1 aromatic rings. The van der Waals surface area contributed by atoms with Crippen molar-refractivity contribution < 1.29 is 9.53 Å². The Morgan fingerprint density at radius 2 is 1.88 bits per heavy atom. The van der Waals surface area contributed by atoms with Gasteiger partial charge in [0.15, 0.2) is 6.10 Å². The van der Waals surface area contributed by atoms with Crippen molar-refractivity contribution in [2.45, 2.75) is 26.9 Å². The van der Waals surface area contributed by atoms with E-state index in [0.29, 0.717) is 23.2 Å². The van der Waals surface area contributed by atoms with Gasteiger partial charge in [0.2, 0.25) is 0 Å². The minimum Gasteiger partial charge on any atom is -0.481 e. The lowest BCUT2D eigenvalue weighted by atomic mass is 10.2. The lowest BCUT2D eigenvalue weighted by Gasteiger charge is -2.15. The Kier molecular flexibility index (Phi) is 5.29. The molecule has 0 saturated heterocycles. The van der Waals surface area contributed by atoms with E-state index < -0.39 is 6.10 Å². The SMILES string of the molecule is CC(C)CNC(=O)C(C)Oc1ccc(Cl)cc1. The molecule has 94 valence electrons. The number of ether oxygens (including phenoxy) is 1. The maximum absolute atomic E-state index is 11.7. The molecule has 1 N–H and O–H groups in total. The molecule has 0 aromatic heterocycles. The van der Waals surface area contributed by atoms with E-state index in [-0.39, 0.29) is 5.91 Å². The molecule has 1 amide bonds. The normalized spacial score (nSPS) is 12.3. The van der Waals surface area contributed by atoms with Gasteiger partial charge in [-0.2, -0.15) is 0 Å². The number of benzene rings is 1. The molecule has 3 nitrogen and oxygen atoms in total. The van der Waals surface area contributed by atoms with Gasteiger partial charge in [0.05, 0.1) is 0 Å². The van der Waals surface area contributed by atoms with Crippen LogP contribution in [0, 0.1) is 5.92 Å². The zero-order chi connectivity index (χ0) is 12.8. The van der Waals surface area contributed by atoms with Crippen LogP contribution in [-0.4, -0.2) is 18.6 Å². The van der Waals surface area contributed by atoms with Gasteiger partial charge in [-0.1, -0.05) is 25.4 Å². The standard InChI is InChI=1S/C13H18ClNO2/c1-9(2)8-15-13(16)10(3)17-12-6-4-11(14)5-7-12/h4-7,9-10H,8H2,1-3H3,(H,15,16). The first-order valence-corrected chi connectivity index (χ1v) is 6.06. The van der Waals surface area contributed by atoms with Gasteiger partial charge in [0.25, 0.3) is 5.91 Å². The van der Waals surface area contributed by atoms with Crippen LogP contribution in [0.25, 0.3) is 0 Å². The quantitative estimate of drug-likeness (QED) is 0.879. The largest absolute Gasteiger partial charge is 0.481 e. The van der Waals surface area contributed by atoms with Crippen LogP contribution < -0.4 is 10.1 Å². The first-order valence-electron chi connectivity index (χ1n) is 5.69. The van der Waals surface area contributed by atoms with Gasteiger partial charge in [-0.3, -0.25) is 4.79 Å². The molecule has 4 heteroatoms. The fourth-order valence-electron chi connectivity index (χ4n) is 1.22. The third-order valence-electron chi connectivity index (χ3n) is 2.18. The summed E-state index contributed by atoms with van der Waals surface area (Å²) in [5, 5.41) is 3.47. The number of amides is 1. The first kappa shape index (κ1) is 13.8. The summed E-state index contributed by atoms with van der Waals surface area (Å²) >= 11 is 5.76. The van der Waals surface area contributed by atoms with Gasteiger partial charge in [-0.05, 0) is 37.1 Å². The molecule has 0 bridgehead atoms. The molecule has 0 saturated carbocycles. The molecule has 0 fully saturated rings. The molecule has 0 aliphatic carbocycles. The summed E-state index contributed by atoms with van der Waals surface area (Å²) in [6.07, 6.45) is -0.505. The third-order valence-corrected chi connectivity index (χ3v) is 2.43. The van der Waals surface area contributed by atoms with Crippen LogP contribution in [0.5, 0.6) is 5.75 Å². The predicted octanol–water partition coefficient (Wildman–Crippen LogP) is 2.88. The van der Waals surface area contributed by atoms with Crippen molar-refractivity contribution in [1.82, 2.24) is 5.32 Å². The minimum atomic E-state index is -0.505. The summed E-state index contributed by atoms with van der Waals surface area (Å²) in [4.78, 5) is 11.7. The van der Waals surface area contributed by atoms with Gasteiger partial charge in [-0.15, -0.1) is 0 Å². The molecule has 1 aromatic carbocycles. The summed E-state index contributed by atoms with van der Waals surface area (Å²) < 4.78 is 5.49. The maximum atomic E-state index is 11.7. The average Bonchev–Trinajstić information content (AvgIpc) is 2.28. The van der Waals surface area contributed by atoms with Crippen LogP contribution in [0.4, 0.5) is 0 Å². The van der Waals surface area contributed by atoms with Gasteiger partial charge >= 0.3 is 0 Å². The lowest BCUT2D eigenvalue weighted by molar-refractivity contribution is -0.127. The molecule has 1 atom stereocenters. The molecule has 1 unspecified atom stereocenters. The van der Waals surface area contributed by atoms with Gasteiger partial charge < -0.3 is 10.1 Å². The summed E-state index contributed by atoms with van der Waals surface area (Å²) in [7, 11) is 0. The molecule has 0 aliphatic rings. The van der Waals surface area contributed by atoms with Gasteiger partial charge in [-0.25, -0.2) is 0 Å².